The molecule has 132 valence electrons. The molecule has 0 aromatic rings. The van der Waals surface area contributed by atoms with E-state index < -0.39 is 31.1 Å². The summed E-state index contributed by atoms with van der Waals surface area (Å²) in [6.45, 7) is -0.670. The molecule has 1 saturated heterocycles. The van der Waals surface area contributed by atoms with Crippen LogP contribution in [0.3, 0.4) is 0 Å². The highest BCUT2D eigenvalue weighted by molar-refractivity contribution is 5.87. The molecule has 0 aromatic heterocycles. The van der Waals surface area contributed by atoms with Crippen molar-refractivity contribution in [2.45, 2.75) is 50.4 Å². The smallest absolute Gasteiger partial charge is 0.381 e. The van der Waals surface area contributed by atoms with Gasteiger partial charge in [-0.05, 0) is 25.7 Å². The zero-order valence-corrected chi connectivity index (χ0v) is 13.1. The van der Waals surface area contributed by atoms with Crippen LogP contribution >= 0.6 is 0 Å². The van der Waals surface area contributed by atoms with Gasteiger partial charge >= 0.3 is 12.2 Å². The van der Waals surface area contributed by atoms with Crippen LogP contribution in [0, 0.1) is 0 Å². The third-order valence-electron chi connectivity index (χ3n) is 4.31. The second kappa shape index (κ2) is 7.37. The molecule has 1 heterocycles. The normalized spacial score (nSPS) is 25.8. The Morgan fingerprint density at radius 2 is 1.96 bits per heavy atom. The molecule has 2 fully saturated rings. The molecule has 0 bridgehead atoms. The quantitative estimate of drug-likeness (QED) is 0.849. The van der Waals surface area contributed by atoms with Crippen molar-refractivity contribution in [3.8, 4) is 0 Å². The summed E-state index contributed by atoms with van der Waals surface area (Å²) >= 11 is 0. The van der Waals surface area contributed by atoms with Crippen LogP contribution < -0.4 is 5.32 Å². The molecule has 0 unspecified atom stereocenters. The molecule has 2 rings (SSSR count). The summed E-state index contributed by atoms with van der Waals surface area (Å²) in [7, 11) is 1.66. The standard InChI is InChI=1S/C14H22F3N3O3/c1-23-11-4-2-10(3-5-11)18-13(22)20-8-12(21)19(9-20)7-6-14(15,16)17/h10-11H,2-9H2,1H3,(H,18,22). The highest BCUT2D eigenvalue weighted by Gasteiger charge is 2.35. The number of hydrogen-bond acceptors (Lipinski definition) is 3. The minimum Gasteiger partial charge on any atom is -0.381 e. The number of carbonyl (C=O) groups is 2. The van der Waals surface area contributed by atoms with Crippen LogP contribution in [0.2, 0.25) is 0 Å². The Hall–Kier alpha value is -1.51. The number of hydrogen-bond donors (Lipinski definition) is 1. The number of urea groups is 1. The molecule has 9 heteroatoms. The highest BCUT2D eigenvalue weighted by atomic mass is 19.4. The van der Waals surface area contributed by atoms with E-state index in [-0.39, 0.29) is 25.4 Å². The van der Waals surface area contributed by atoms with Crippen molar-refractivity contribution in [1.29, 1.82) is 0 Å². The lowest BCUT2D eigenvalue weighted by atomic mass is 9.93. The maximum Gasteiger partial charge on any atom is 0.390 e. The Morgan fingerprint density at radius 3 is 2.52 bits per heavy atom. The van der Waals surface area contributed by atoms with E-state index >= 15 is 0 Å². The van der Waals surface area contributed by atoms with Crippen molar-refractivity contribution in [1.82, 2.24) is 15.1 Å². The second-order valence-corrected chi connectivity index (χ2v) is 6.02. The number of nitrogens with zero attached hydrogens (tertiary/aromatic N) is 2. The molecule has 0 atom stereocenters. The van der Waals surface area contributed by atoms with Crippen molar-refractivity contribution in [2.24, 2.45) is 0 Å². The molecule has 1 N–H and O–H groups in total. The molecule has 1 aliphatic carbocycles. The maximum absolute atomic E-state index is 12.2. The van der Waals surface area contributed by atoms with Gasteiger partial charge in [-0.25, -0.2) is 4.79 Å². The first-order valence-corrected chi connectivity index (χ1v) is 7.71. The second-order valence-electron chi connectivity index (χ2n) is 6.02. The van der Waals surface area contributed by atoms with Gasteiger partial charge in [0.25, 0.3) is 0 Å². The van der Waals surface area contributed by atoms with Crippen molar-refractivity contribution in [3.05, 3.63) is 0 Å². The first-order chi connectivity index (χ1) is 10.8. The van der Waals surface area contributed by atoms with E-state index in [1.54, 1.807) is 7.11 Å². The fourth-order valence-electron chi connectivity index (χ4n) is 2.90. The Labute approximate surface area is 132 Å². The van der Waals surface area contributed by atoms with E-state index in [2.05, 4.69) is 5.32 Å². The largest absolute Gasteiger partial charge is 0.390 e. The number of halogens is 3. The molecular weight excluding hydrogens is 315 g/mol. The van der Waals surface area contributed by atoms with Crippen molar-refractivity contribution in [3.63, 3.8) is 0 Å². The average Bonchev–Trinajstić information content (AvgIpc) is 2.86. The lowest BCUT2D eigenvalue weighted by Gasteiger charge is -2.29. The van der Waals surface area contributed by atoms with Gasteiger partial charge in [0.15, 0.2) is 0 Å². The number of carbonyl (C=O) groups excluding carboxylic acids is 2. The molecule has 23 heavy (non-hydrogen) atoms. The third kappa shape index (κ3) is 5.26. The number of nitrogens with one attached hydrogen (secondary N) is 1. The van der Waals surface area contributed by atoms with Crippen LogP contribution in [0.4, 0.5) is 18.0 Å². The van der Waals surface area contributed by atoms with Crippen molar-refractivity contribution >= 4 is 11.9 Å². The Kier molecular flexibility index (Phi) is 5.72. The van der Waals surface area contributed by atoms with Crippen LogP contribution in [0.1, 0.15) is 32.1 Å². The topological polar surface area (TPSA) is 61.9 Å². The van der Waals surface area contributed by atoms with Gasteiger partial charge in [-0.3, -0.25) is 9.69 Å². The van der Waals surface area contributed by atoms with E-state index in [0.29, 0.717) is 0 Å². The first kappa shape index (κ1) is 17.8. The van der Waals surface area contributed by atoms with Crippen LogP contribution in [-0.4, -0.2) is 66.9 Å². The van der Waals surface area contributed by atoms with E-state index in [0.717, 1.165) is 30.6 Å². The van der Waals surface area contributed by atoms with E-state index in [1.165, 1.54) is 4.90 Å². The predicted octanol–water partition coefficient (Wildman–Crippen LogP) is 1.71. The number of rotatable bonds is 4. The van der Waals surface area contributed by atoms with E-state index in [4.69, 9.17) is 4.74 Å². The van der Waals surface area contributed by atoms with Crippen LogP contribution in [0.5, 0.6) is 0 Å². The zero-order chi connectivity index (χ0) is 17.0. The fourth-order valence-corrected chi connectivity index (χ4v) is 2.90. The van der Waals surface area contributed by atoms with Crippen molar-refractivity contribution < 1.29 is 27.5 Å². The average molecular weight is 337 g/mol. The minimum absolute atomic E-state index is 0.0215. The summed E-state index contributed by atoms with van der Waals surface area (Å²) in [5, 5.41) is 2.85. The van der Waals surface area contributed by atoms with Gasteiger partial charge in [-0.1, -0.05) is 0 Å². The third-order valence-corrected chi connectivity index (χ3v) is 4.31. The summed E-state index contributed by atoms with van der Waals surface area (Å²) in [6, 6.07) is -0.373. The number of ether oxygens (including phenoxy) is 1. The lowest BCUT2D eigenvalue weighted by molar-refractivity contribution is -0.142. The summed E-state index contributed by atoms with van der Waals surface area (Å²) in [4.78, 5) is 26.2. The predicted molar refractivity (Wildman–Crippen MR) is 75.5 cm³/mol. The Morgan fingerprint density at radius 1 is 1.30 bits per heavy atom. The molecular formula is C14H22F3N3O3. The number of methoxy groups -OCH3 is 1. The van der Waals surface area contributed by atoms with Gasteiger partial charge < -0.3 is 15.0 Å². The molecule has 6 nitrogen and oxygen atoms in total. The highest BCUT2D eigenvalue weighted by Crippen LogP contribution is 2.22. The van der Waals surface area contributed by atoms with Crippen molar-refractivity contribution in [2.75, 3.05) is 26.9 Å². The van der Waals surface area contributed by atoms with Crippen LogP contribution in [0.15, 0.2) is 0 Å². The van der Waals surface area contributed by atoms with E-state index in [9.17, 15) is 22.8 Å². The molecule has 0 radical (unpaired) electrons. The molecule has 2 aliphatic rings. The van der Waals surface area contributed by atoms with Gasteiger partial charge in [-0.2, -0.15) is 13.2 Å². The van der Waals surface area contributed by atoms with Gasteiger partial charge in [0.2, 0.25) is 5.91 Å². The zero-order valence-electron chi connectivity index (χ0n) is 13.1. The van der Waals surface area contributed by atoms with Gasteiger partial charge in [0.05, 0.1) is 19.2 Å². The maximum atomic E-state index is 12.2. The number of amides is 3. The SMILES string of the molecule is COC1CCC(NC(=O)N2CC(=O)N(CCC(F)(F)F)C2)CC1. The molecule has 0 spiro atoms. The number of alkyl halides is 3. The van der Waals surface area contributed by atoms with Gasteiger partial charge in [0.1, 0.15) is 6.54 Å². The van der Waals surface area contributed by atoms with Crippen LogP contribution in [-0.2, 0) is 9.53 Å². The Balaban J connectivity index is 1.77. The summed E-state index contributed by atoms with van der Waals surface area (Å²) < 4.78 is 41.9. The van der Waals surface area contributed by atoms with Gasteiger partial charge in [0, 0.05) is 19.7 Å². The van der Waals surface area contributed by atoms with Crippen LogP contribution in [0.25, 0.3) is 0 Å². The first-order valence-electron chi connectivity index (χ1n) is 7.71. The summed E-state index contributed by atoms with van der Waals surface area (Å²) in [5.41, 5.74) is 0. The summed E-state index contributed by atoms with van der Waals surface area (Å²) in [6.07, 6.45) is -1.84. The monoisotopic (exact) mass is 337 g/mol. The van der Waals surface area contributed by atoms with E-state index in [1.807, 2.05) is 0 Å². The fraction of sp³-hybridized carbons (Fsp3) is 0.857. The Bertz CT molecular complexity index is 437. The lowest BCUT2D eigenvalue weighted by Crippen LogP contribution is -2.46. The summed E-state index contributed by atoms with van der Waals surface area (Å²) in [5.74, 6) is -0.451. The molecule has 0 aromatic carbocycles. The molecule has 1 aliphatic heterocycles. The molecule has 1 saturated carbocycles. The minimum atomic E-state index is -4.31. The van der Waals surface area contributed by atoms with Gasteiger partial charge in [-0.15, -0.1) is 0 Å². The molecule has 3 amide bonds.